The van der Waals surface area contributed by atoms with E-state index in [2.05, 4.69) is 37.1 Å². The standard InChI is InChI=1S/C13H16N2OS/c1-9-4-5-12(10(2)6-9)15-13(17)7-11(14-15)8-16-3/h4-7,14H,8H2,1-3H3. The molecule has 4 heteroatoms. The molecule has 0 aliphatic rings. The molecule has 2 aromatic rings. The highest BCUT2D eigenvalue weighted by Crippen LogP contribution is 2.16. The van der Waals surface area contributed by atoms with Crippen LogP contribution in [0.1, 0.15) is 16.8 Å². The SMILES string of the molecule is COCc1cc(=S)n(-c2ccc(C)cc2C)[nH]1. The number of hydrogen-bond acceptors (Lipinski definition) is 2. The van der Waals surface area contributed by atoms with Gasteiger partial charge in [0.1, 0.15) is 4.64 Å². The van der Waals surface area contributed by atoms with Gasteiger partial charge in [0.2, 0.25) is 0 Å². The Labute approximate surface area is 106 Å². The third kappa shape index (κ3) is 2.48. The summed E-state index contributed by atoms with van der Waals surface area (Å²) in [7, 11) is 1.67. The summed E-state index contributed by atoms with van der Waals surface area (Å²) in [5.74, 6) is 0. The van der Waals surface area contributed by atoms with E-state index in [1.165, 1.54) is 11.1 Å². The summed E-state index contributed by atoms with van der Waals surface area (Å²) in [6.07, 6.45) is 0. The summed E-state index contributed by atoms with van der Waals surface area (Å²) in [6, 6.07) is 8.24. The summed E-state index contributed by atoms with van der Waals surface area (Å²) in [6.45, 7) is 4.71. The van der Waals surface area contributed by atoms with E-state index in [9.17, 15) is 0 Å². The minimum absolute atomic E-state index is 0.543. The molecular formula is C13H16N2OS. The van der Waals surface area contributed by atoms with Gasteiger partial charge in [-0.05, 0) is 31.5 Å². The molecule has 1 heterocycles. The van der Waals surface area contributed by atoms with Crippen LogP contribution in [0.2, 0.25) is 0 Å². The van der Waals surface area contributed by atoms with Gasteiger partial charge < -0.3 is 4.74 Å². The van der Waals surface area contributed by atoms with Crippen molar-refractivity contribution < 1.29 is 4.74 Å². The molecule has 0 aliphatic heterocycles. The number of nitrogens with one attached hydrogen (secondary N) is 1. The Kier molecular flexibility index (Phi) is 3.45. The summed E-state index contributed by atoms with van der Waals surface area (Å²) in [5.41, 5.74) is 4.52. The Morgan fingerprint density at radius 2 is 2.06 bits per heavy atom. The quantitative estimate of drug-likeness (QED) is 0.845. The maximum atomic E-state index is 5.34. The minimum Gasteiger partial charge on any atom is -0.378 e. The monoisotopic (exact) mass is 248 g/mol. The first-order chi connectivity index (χ1) is 8.11. The first-order valence-electron chi connectivity index (χ1n) is 5.49. The van der Waals surface area contributed by atoms with Crippen LogP contribution >= 0.6 is 12.2 Å². The van der Waals surface area contributed by atoms with Gasteiger partial charge in [-0.3, -0.25) is 5.10 Å². The van der Waals surface area contributed by atoms with Crippen molar-refractivity contribution in [1.29, 1.82) is 0 Å². The van der Waals surface area contributed by atoms with Gasteiger partial charge in [-0.15, -0.1) is 0 Å². The van der Waals surface area contributed by atoms with Crippen LogP contribution in [0, 0.1) is 18.5 Å². The van der Waals surface area contributed by atoms with E-state index in [-0.39, 0.29) is 0 Å². The van der Waals surface area contributed by atoms with Gasteiger partial charge in [-0.25, -0.2) is 4.68 Å². The van der Waals surface area contributed by atoms with Crippen molar-refractivity contribution in [3.63, 3.8) is 0 Å². The number of aryl methyl sites for hydroxylation is 2. The highest BCUT2D eigenvalue weighted by molar-refractivity contribution is 7.71. The van der Waals surface area contributed by atoms with Gasteiger partial charge in [0.15, 0.2) is 0 Å². The van der Waals surface area contributed by atoms with Crippen molar-refractivity contribution in [3.8, 4) is 5.69 Å². The minimum atomic E-state index is 0.543. The number of hydrogen-bond donors (Lipinski definition) is 1. The molecule has 0 saturated heterocycles. The van der Waals surface area contributed by atoms with Crippen LogP contribution in [0.3, 0.4) is 0 Å². The van der Waals surface area contributed by atoms with Crippen molar-refractivity contribution in [2.24, 2.45) is 0 Å². The topological polar surface area (TPSA) is 29.9 Å². The van der Waals surface area contributed by atoms with E-state index in [1.807, 2.05) is 10.7 Å². The molecule has 1 aromatic carbocycles. The van der Waals surface area contributed by atoms with E-state index >= 15 is 0 Å². The van der Waals surface area contributed by atoms with Crippen LogP contribution in [0.5, 0.6) is 0 Å². The molecule has 17 heavy (non-hydrogen) atoms. The fraction of sp³-hybridized carbons (Fsp3) is 0.308. The molecule has 3 nitrogen and oxygen atoms in total. The lowest BCUT2D eigenvalue weighted by atomic mass is 10.1. The Morgan fingerprint density at radius 3 is 2.71 bits per heavy atom. The molecule has 1 N–H and O–H groups in total. The molecule has 90 valence electrons. The van der Waals surface area contributed by atoms with Gasteiger partial charge in [0, 0.05) is 7.11 Å². The van der Waals surface area contributed by atoms with Crippen molar-refractivity contribution >= 4 is 12.2 Å². The predicted octanol–water partition coefficient (Wildman–Crippen LogP) is 3.30. The highest BCUT2D eigenvalue weighted by atomic mass is 32.1. The number of H-pyrrole nitrogens is 1. The molecule has 0 atom stereocenters. The number of aromatic amines is 1. The van der Waals surface area contributed by atoms with Crippen LogP contribution in [0.25, 0.3) is 5.69 Å². The Morgan fingerprint density at radius 1 is 1.29 bits per heavy atom. The largest absolute Gasteiger partial charge is 0.378 e. The van der Waals surface area contributed by atoms with Gasteiger partial charge in [-0.2, -0.15) is 0 Å². The molecular weight excluding hydrogens is 232 g/mol. The average molecular weight is 248 g/mol. The molecule has 0 spiro atoms. The van der Waals surface area contributed by atoms with Gasteiger partial charge in [0.05, 0.1) is 18.0 Å². The van der Waals surface area contributed by atoms with Crippen LogP contribution in [0.15, 0.2) is 24.3 Å². The van der Waals surface area contributed by atoms with E-state index in [4.69, 9.17) is 17.0 Å². The smallest absolute Gasteiger partial charge is 0.128 e. The van der Waals surface area contributed by atoms with Crippen molar-refractivity contribution in [3.05, 3.63) is 45.7 Å². The lowest BCUT2D eigenvalue weighted by Gasteiger charge is -2.08. The van der Waals surface area contributed by atoms with Gasteiger partial charge in [-0.1, -0.05) is 29.9 Å². The van der Waals surface area contributed by atoms with Crippen LogP contribution < -0.4 is 0 Å². The van der Waals surface area contributed by atoms with Gasteiger partial charge >= 0.3 is 0 Å². The third-order valence-electron chi connectivity index (χ3n) is 2.67. The maximum Gasteiger partial charge on any atom is 0.128 e. The number of methoxy groups -OCH3 is 1. The summed E-state index contributed by atoms with van der Waals surface area (Å²) >= 11 is 5.34. The van der Waals surface area contributed by atoms with E-state index in [1.54, 1.807) is 7.11 Å². The molecule has 1 aromatic heterocycles. The summed E-state index contributed by atoms with van der Waals surface area (Å²) < 4.78 is 7.77. The molecule has 0 fully saturated rings. The molecule has 2 rings (SSSR count). The van der Waals surface area contributed by atoms with Crippen LogP contribution in [0.4, 0.5) is 0 Å². The average Bonchev–Trinajstić information content (AvgIpc) is 2.60. The number of aromatic nitrogens is 2. The normalized spacial score (nSPS) is 10.8. The highest BCUT2D eigenvalue weighted by Gasteiger charge is 2.05. The zero-order valence-corrected chi connectivity index (χ0v) is 11.1. The van der Waals surface area contributed by atoms with Crippen molar-refractivity contribution in [1.82, 2.24) is 9.78 Å². The van der Waals surface area contributed by atoms with Crippen molar-refractivity contribution in [2.45, 2.75) is 20.5 Å². The number of benzene rings is 1. The fourth-order valence-electron chi connectivity index (χ4n) is 1.91. The predicted molar refractivity (Wildman–Crippen MR) is 71.1 cm³/mol. The zero-order chi connectivity index (χ0) is 12.4. The molecule has 0 unspecified atom stereocenters. The first-order valence-corrected chi connectivity index (χ1v) is 5.90. The summed E-state index contributed by atoms with van der Waals surface area (Å²) in [4.78, 5) is 0. The molecule has 0 bridgehead atoms. The van der Waals surface area contributed by atoms with Crippen LogP contribution in [-0.2, 0) is 11.3 Å². The second kappa shape index (κ2) is 4.85. The van der Waals surface area contributed by atoms with Gasteiger partial charge in [0.25, 0.3) is 0 Å². The van der Waals surface area contributed by atoms with E-state index in [0.717, 1.165) is 16.0 Å². The second-order valence-electron chi connectivity index (χ2n) is 4.18. The molecule has 0 aliphatic carbocycles. The lowest BCUT2D eigenvalue weighted by Crippen LogP contribution is -2.00. The van der Waals surface area contributed by atoms with E-state index < -0.39 is 0 Å². The summed E-state index contributed by atoms with van der Waals surface area (Å²) in [5, 5.41) is 3.25. The zero-order valence-electron chi connectivity index (χ0n) is 10.3. The van der Waals surface area contributed by atoms with Crippen molar-refractivity contribution in [2.75, 3.05) is 7.11 Å². The number of rotatable bonds is 3. The first kappa shape index (κ1) is 12.1. The Bertz CT molecular complexity index is 583. The molecule has 0 amide bonds. The third-order valence-corrected chi connectivity index (χ3v) is 2.97. The Hall–Kier alpha value is -1.39. The number of ether oxygens (including phenoxy) is 1. The molecule has 0 saturated carbocycles. The molecule has 0 radical (unpaired) electrons. The Balaban J connectivity index is 2.49. The van der Waals surface area contributed by atoms with Crippen LogP contribution in [-0.4, -0.2) is 16.9 Å². The number of nitrogens with zero attached hydrogens (tertiary/aromatic N) is 1. The van der Waals surface area contributed by atoms with E-state index in [0.29, 0.717) is 6.61 Å². The maximum absolute atomic E-state index is 5.34. The fourth-order valence-corrected chi connectivity index (χ4v) is 2.20. The lowest BCUT2D eigenvalue weighted by molar-refractivity contribution is 0.181. The second-order valence-corrected chi connectivity index (χ2v) is 4.60.